The number of ether oxygens (including phenoxy) is 12. The van der Waals surface area contributed by atoms with E-state index in [-0.39, 0.29) is 40.3 Å². The van der Waals surface area contributed by atoms with Crippen LogP contribution in [0.25, 0.3) is 0 Å². The molecule has 0 aromatic heterocycles. The second-order valence-electron chi connectivity index (χ2n) is 24.5. The Kier molecular flexibility index (Phi) is 17.0. The van der Waals surface area contributed by atoms with Gasteiger partial charge in [-0.25, -0.2) is 4.79 Å². The van der Waals surface area contributed by atoms with E-state index in [1.54, 1.807) is 0 Å². The Morgan fingerprint density at radius 2 is 1.13 bits per heavy atom. The molecule has 0 aromatic rings. The van der Waals surface area contributed by atoms with Gasteiger partial charge in [-0.1, -0.05) is 47.1 Å². The summed E-state index contributed by atoms with van der Waals surface area (Å²) in [5.41, 5.74) is -1.67. The van der Waals surface area contributed by atoms with Gasteiger partial charge in [-0.15, -0.1) is 0 Å². The lowest BCUT2D eigenvalue weighted by Crippen LogP contribution is -2.69. The fraction of sp³-hybridized carbons (Fsp3) is 0.804. The van der Waals surface area contributed by atoms with Gasteiger partial charge >= 0.3 is 47.8 Å². The molecule has 2 aliphatic heterocycles. The number of hydrogen-bond acceptors (Lipinski definition) is 21. The lowest BCUT2D eigenvalue weighted by atomic mass is 9.33. The molecule has 4 unspecified atom stereocenters. The molecule has 21 nitrogen and oxygen atoms in total. The van der Waals surface area contributed by atoms with E-state index >= 15 is 4.79 Å². The number of carbonyl (C=O) groups excluding carboxylic acids is 9. The van der Waals surface area contributed by atoms with Crippen LogP contribution in [0.5, 0.6) is 0 Å². The van der Waals surface area contributed by atoms with Crippen molar-refractivity contribution in [1.29, 1.82) is 0 Å². The summed E-state index contributed by atoms with van der Waals surface area (Å²) in [6.45, 7) is 21.2. The van der Waals surface area contributed by atoms with Gasteiger partial charge in [0.05, 0.1) is 25.7 Å². The van der Waals surface area contributed by atoms with Crippen molar-refractivity contribution in [1.82, 2.24) is 0 Å². The monoisotopic (exact) mass is 1090 g/mol. The smallest absolute Gasteiger partial charge is 0.339 e. The summed E-state index contributed by atoms with van der Waals surface area (Å²) in [5.74, 6) is -7.02. The highest BCUT2D eigenvalue weighted by molar-refractivity contribution is 5.96. The van der Waals surface area contributed by atoms with Crippen molar-refractivity contribution in [2.45, 2.75) is 215 Å². The number of hydrogen-bond donors (Lipinski definition) is 0. The first-order valence-corrected chi connectivity index (χ1v) is 26.8. The van der Waals surface area contributed by atoms with Gasteiger partial charge in [0.15, 0.2) is 54.8 Å². The Morgan fingerprint density at radius 3 is 1.70 bits per heavy atom. The van der Waals surface area contributed by atoms with Gasteiger partial charge in [0.1, 0.15) is 12.7 Å². The Morgan fingerprint density at radius 1 is 0.584 bits per heavy atom. The van der Waals surface area contributed by atoms with Crippen LogP contribution in [0.2, 0.25) is 0 Å². The summed E-state index contributed by atoms with van der Waals surface area (Å²) in [4.78, 5) is 119. The predicted molar refractivity (Wildman–Crippen MR) is 265 cm³/mol. The molecule has 7 rings (SSSR count). The highest BCUT2D eigenvalue weighted by atomic mass is 16.8. The molecule has 21 heteroatoms. The quantitative estimate of drug-likeness (QED) is 0.121. The van der Waals surface area contributed by atoms with Crippen molar-refractivity contribution >= 4 is 53.5 Å². The number of carbonyl (C=O) groups is 9. The third-order valence-electron chi connectivity index (χ3n) is 19.3. The third-order valence-corrected chi connectivity index (χ3v) is 19.3. The normalized spacial score (nSPS) is 41.9. The van der Waals surface area contributed by atoms with Gasteiger partial charge in [0.2, 0.25) is 6.29 Å². The van der Waals surface area contributed by atoms with E-state index in [2.05, 4.69) is 41.5 Å². The van der Waals surface area contributed by atoms with E-state index in [4.69, 9.17) is 56.8 Å². The van der Waals surface area contributed by atoms with Crippen LogP contribution in [0.1, 0.15) is 148 Å². The third kappa shape index (κ3) is 10.9. The van der Waals surface area contributed by atoms with Crippen LogP contribution in [-0.4, -0.2) is 142 Å². The van der Waals surface area contributed by atoms with Crippen molar-refractivity contribution in [3.05, 3.63) is 11.6 Å². The van der Waals surface area contributed by atoms with Crippen LogP contribution >= 0.6 is 0 Å². The Hall–Kier alpha value is -4.99. The summed E-state index contributed by atoms with van der Waals surface area (Å²) in [7, 11) is 2.46. The summed E-state index contributed by atoms with van der Waals surface area (Å²) >= 11 is 0. The molecule has 19 atom stereocenters. The van der Waals surface area contributed by atoms with Gasteiger partial charge in [-0.05, 0) is 110 Å². The van der Waals surface area contributed by atoms with E-state index in [0.717, 1.165) is 92.8 Å². The Bertz CT molecular complexity index is 2400. The Balaban J connectivity index is 1.28. The second kappa shape index (κ2) is 21.9. The minimum atomic E-state index is -1.96. The van der Waals surface area contributed by atoms with E-state index in [9.17, 15) is 38.4 Å². The summed E-state index contributed by atoms with van der Waals surface area (Å²) in [6, 6.07) is 0. The number of rotatable bonds is 13. The topological polar surface area (TPSA) is 264 Å². The SMILES string of the molecule is COC(=O)[C@H]1O[C@@H](O[C@H]2[C@H](OC3CC[C@@]4(C)C(CC[C@]5(C)C4C(=O)C=C4C6C[C@@](C)(C(=O)OC)CC[C@]6(C)CC[C@]45C)C3(C)C)O[C@H](COC(C)=O)[C@H](OC(C)=O)[C@@H]2OC(C)=O)[C@H](OC(C)=O)[C@@H](OC(C)=O)[C@@H]1OC(C)=O. The molecule has 0 N–H and O–H groups in total. The minimum absolute atomic E-state index is 0.0241. The summed E-state index contributed by atoms with van der Waals surface area (Å²) in [5, 5.41) is 0. The van der Waals surface area contributed by atoms with E-state index in [0.29, 0.717) is 19.3 Å². The van der Waals surface area contributed by atoms with Crippen LogP contribution in [-0.2, 0) is 100.0 Å². The predicted octanol–water partition coefficient (Wildman–Crippen LogP) is 5.75. The maximum Gasteiger partial charge on any atom is 0.339 e. The van der Waals surface area contributed by atoms with Crippen molar-refractivity contribution < 1.29 is 100.0 Å². The summed E-state index contributed by atoms with van der Waals surface area (Å²) in [6.07, 6.45) is -9.51. The minimum Gasteiger partial charge on any atom is -0.469 e. The number of fused-ring (bicyclic) bond motifs is 7. The number of methoxy groups -OCH3 is 2. The van der Waals surface area contributed by atoms with Crippen LogP contribution < -0.4 is 0 Å². The molecule has 6 fully saturated rings. The maximum absolute atomic E-state index is 15.3. The van der Waals surface area contributed by atoms with Gasteiger partial charge in [0, 0.05) is 47.5 Å². The first-order valence-electron chi connectivity index (χ1n) is 26.8. The van der Waals surface area contributed by atoms with Crippen LogP contribution in [0.15, 0.2) is 11.6 Å². The van der Waals surface area contributed by atoms with E-state index in [1.165, 1.54) is 7.11 Å². The lowest BCUT2D eigenvalue weighted by molar-refractivity contribution is -0.376. The van der Waals surface area contributed by atoms with Gasteiger partial charge < -0.3 is 56.8 Å². The fourth-order valence-corrected chi connectivity index (χ4v) is 15.5. The molecular weight excluding hydrogens is 1010 g/mol. The van der Waals surface area contributed by atoms with Crippen molar-refractivity contribution in [2.24, 2.45) is 50.2 Å². The molecule has 0 amide bonds. The fourth-order valence-electron chi connectivity index (χ4n) is 15.5. The van der Waals surface area contributed by atoms with E-state index < -0.39 is 138 Å². The molecule has 0 spiro atoms. The largest absolute Gasteiger partial charge is 0.469 e. The van der Waals surface area contributed by atoms with Crippen molar-refractivity contribution in [3.63, 3.8) is 0 Å². The van der Waals surface area contributed by atoms with Crippen LogP contribution in [0.4, 0.5) is 0 Å². The molecule has 0 bridgehead atoms. The first kappa shape index (κ1) is 59.7. The molecule has 0 radical (unpaired) electrons. The average Bonchev–Trinajstić information content (AvgIpc) is 3.36. The standard InChI is InChI=1S/C56H80O21/c1-27(57)68-26-36-39(69-28(2)58)40(70-29(3)59)45(77-49-44(73-32(6)62)42(72-31(5)61)41(71-30(4)60)43(76-49)47(64)66-14)48(74-36)75-38-17-18-54(11)37(51(38,7)8)16-19-56(13)46(54)35(63)24-33-34-25-53(10,50(65)67-15)21-20-52(34,9)22-23-55(33,56)12/h24,34,36-46,48-49H,16-23,25-26H2,1-15H3/t34?,36-,37?,38?,39+,40+,41+,42+,43+,44-,45-,46?,48+,49+,52-,53+,54+,55-,56-/m1/s1. The van der Waals surface area contributed by atoms with E-state index in [1.807, 2.05) is 13.0 Å². The van der Waals surface area contributed by atoms with Gasteiger partial charge in [-0.2, -0.15) is 0 Å². The molecular formula is C56H80O21. The number of esters is 8. The zero-order chi connectivity index (χ0) is 57.1. The molecule has 5 aliphatic carbocycles. The van der Waals surface area contributed by atoms with Crippen LogP contribution in [0, 0.1) is 50.2 Å². The van der Waals surface area contributed by atoms with Crippen LogP contribution in [0.3, 0.4) is 0 Å². The maximum atomic E-state index is 15.3. The molecule has 2 heterocycles. The molecule has 4 saturated carbocycles. The molecule has 7 aliphatic rings. The number of ketones is 1. The first-order chi connectivity index (χ1) is 35.8. The summed E-state index contributed by atoms with van der Waals surface area (Å²) < 4.78 is 70.8. The lowest BCUT2D eigenvalue weighted by Gasteiger charge is -2.70. The number of allylic oxidation sites excluding steroid dienone is 2. The molecule has 77 heavy (non-hydrogen) atoms. The molecule has 2 saturated heterocycles. The van der Waals surface area contributed by atoms with Crippen molar-refractivity contribution in [3.8, 4) is 0 Å². The highest BCUT2D eigenvalue weighted by Gasteiger charge is 2.71. The Labute approximate surface area is 450 Å². The second-order valence-corrected chi connectivity index (χ2v) is 24.5. The van der Waals surface area contributed by atoms with Crippen molar-refractivity contribution in [2.75, 3.05) is 20.8 Å². The average molecular weight is 1090 g/mol. The molecule has 0 aromatic carbocycles. The van der Waals surface area contributed by atoms with Gasteiger partial charge in [0.25, 0.3) is 0 Å². The zero-order valence-corrected chi connectivity index (χ0v) is 47.3. The highest BCUT2D eigenvalue weighted by Crippen LogP contribution is 2.75. The zero-order valence-electron chi connectivity index (χ0n) is 47.3. The molecule has 430 valence electrons. The van der Waals surface area contributed by atoms with Gasteiger partial charge in [-0.3, -0.25) is 38.4 Å².